The first-order valence-corrected chi connectivity index (χ1v) is 10.6. The van der Waals surface area contributed by atoms with Crippen molar-refractivity contribution in [3.05, 3.63) is 35.9 Å². The molecular formula is C20H27N5O8S. The SMILES string of the molecule is NC(=O)CC(N)C(=O)NC(Cc1ccccc1)C(=O)NC(CS)C(=O)NC(CC(=O)O)C(=O)O. The number of carboxylic acids is 2. The van der Waals surface area contributed by atoms with Crippen molar-refractivity contribution in [2.45, 2.75) is 43.4 Å². The molecule has 186 valence electrons. The number of thiol groups is 1. The van der Waals surface area contributed by atoms with Crippen LogP contribution >= 0.6 is 12.6 Å². The molecule has 34 heavy (non-hydrogen) atoms. The Bertz CT molecular complexity index is 913. The maximum atomic E-state index is 12.9. The summed E-state index contributed by atoms with van der Waals surface area (Å²) < 4.78 is 0. The molecule has 0 aliphatic heterocycles. The van der Waals surface area contributed by atoms with Gasteiger partial charge in [-0.2, -0.15) is 12.6 Å². The molecule has 0 aliphatic rings. The Kier molecular flexibility index (Phi) is 11.5. The zero-order chi connectivity index (χ0) is 25.8. The lowest BCUT2D eigenvalue weighted by atomic mass is 10.0. The Morgan fingerprint density at radius 2 is 1.35 bits per heavy atom. The van der Waals surface area contributed by atoms with Crippen molar-refractivity contribution < 1.29 is 39.0 Å². The van der Waals surface area contributed by atoms with Gasteiger partial charge in [-0.25, -0.2) is 4.79 Å². The number of nitrogens with one attached hydrogen (secondary N) is 3. The standard InChI is InChI=1S/C20H27N5O8S/c21-11(7-15(22)26)17(29)23-12(6-10-4-2-1-3-5-10)18(30)25-14(9-34)19(31)24-13(20(32)33)8-16(27)28/h1-5,11-14,34H,6-9,21H2,(H2,22,26)(H,23,29)(H,24,31)(H,25,30)(H,27,28)(H,32,33). The maximum absolute atomic E-state index is 12.9. The molecule has 0 aromatic heterocycles. The third kappa shape index (κ3) is 9.87. The maximum Gasteiger partial charge on any atom is 0.326 e. The number of carbonyl (C=O) groups excluding carboxylic acids is 4. The number of aliphatic carboxylic acids is 2. The average Bonchev–Trinajstić information content (AvgIpc) is 2.75. The summed E-state index contributed by atoms with van der Waals surface area (Å²) in [4.78, 5) is 70.8. The third-order valence-corrected chi connectivity index (χ3v) is 4.85. The summed E-state index contributed by atoms with van der Waals surface area (Å²) in [5.41, 5.74) is 11.3. The van der Waals surface area contributed by atoms with Crippen LogP contribution in [0.4, 0.5) is 0 Å². The number of rotatable bonds is 14. The van der Waals surface area contributed by atoms with Crippen LogP contribution in [0.2, 0.25) is 0 Å². The highest BCUT2D eigenvalue weighted by Gasteiger charge is 2.30. The minimum Gasteiger partial charge on any atom is -0.481 e. The highest BCUT2D eigenvalue weighted by atomic mass is 32.1. The van der Waals surface area contributed by atoms with E-state index in [1.54, 1.807) is 30.3 Å². The molecule has 0 bridgehead atoms. The average molecular weight is 498 g/mol. The topological polar surface area (TPSA) is 231 Å². The Labute approximate surface area is 200 Å². The summed E-state index contributed by atoms with van der Waals surface area (Å²) in [6, 6.07) is 2.96. The molecule has 0 heterocycles. The summed E-state index contributed by atoms with van der Waals surface area (Å²) in [6.45, 7) is 0. The van der Waals surface area contributed by atoms with Gasteiger partial charge in [0.25, 0.3) is 0 Å². The molecule has 14 heteroatoms. The second kappa shape index (κ2) is 13.8. The van der Waals surface area contributed by atoms with Crippen LogP contribution in [0.3, 0.4) is 0 Å². The van der Waals surface area contributed by atoms with Gasteiger partial charge in [-0.1, -0.05) is 30.3 Å². The molecule has 0 saturated heterocycles. The molecule has 0 fully saturated rings. The predicted molar refractivity (Wildman–Crippen MR) is 121 cm³/mol. The van der Waals surface area contributed by atoms with E-state index in [-0.39, 0.29) is 12.2 Å². The van der Waals surface area contributed by atoms with Gasteiger partial charge in [0, 0.05) is 12.2 Å². The highest BCUT2D eigenvalue weighted by molar-refractivity contribution is 7.80. The Hall–Kier alpha value is -3.65. The van der Waals surface area contributed by atoms with E-state index < -0.39 is 72.6 Å². The number of carbonyl (C=O) groups is 6. The smallest absolute Gasteiger partial charge is 0.326 e. The number of amides is 4. The second-order valence-electron chi connectivity index (χ2n) is 7.27. The molecular weight excluding hydrogens is 470 g/mol. The molecule has 13 nitrogen and oxygen atoms in total. The molecule has 0 radical (unpaired) electrons. The third-order valence-electron chi connectivity index (χ3n) is 4.48. The van der Waals surface area contributed by atoms with E-state index in [2.05, 4.69) is 23.3 Å². The van der Waals surface area contributed by atoms with E-state index in [9.17, 15) is 28.8 Å². The lowest BCUT2D eigenvalue weighted by molar-refractivity contribution is -0.147. The molecule has 1 aromatic rings. The van der Waals surface area contributed by atoms with E-state index in [1.807, 2.05) is 5.32 Å². The minimum atomic E-state index is -1.73. The van der Waals surface area contributed by atoms with E-state index in [0.29, 0.717) is 5.56 Å². The number of hydrogen-bond acceptors (Lipinski definition) is 8. The van der Waals surface area contributed by atoms with Crippen molar-refractivity contribution in [2.75, 3.05) is 5.75 Å². The van der Waals surface area contributed by atoms with Crippen molar-refractivity contribution in [3.8, 4) is 0 Å². The zero-order valence-corrected chi connectivity index (χ0v) is 18.9. The first-order valence-electron chi connectivity index (χ1n) is 9.99. The number of primary amides is 1. The van der Waals surface area contributed by atoms with E-state index >= 15 is 0 Å². The van der Waals surface area contributed by atoms with Gasteiger partial charge in [-0.3, -0.25) is 24.0 Å². The van der Waals surface area contributed by atoms with Gasteiger partial charge in [0.15, 0.2) is 0 Å². The summed E-state index contributed by atoms with van der Waals surface area (Å²) in [6.07, 6.45) is -1.33. The summed E-state index contributed by atoms with van der Waals surface area (Å²) in [7, 11) is 0. The summed E-state index contributed by atoms with van der Waals surface area (Å²) in [5, 5.41) is 24.7. The molecule has 0 spiro atoms. The first kappa shape index (κ1) is 28.4. The van der Waals surface area contributed by atoms with Crippen LogP contribution < -0.4 is 27.4 Å². The van der Waals surface area contributed by atoms with Crippen molar-refractivity contribution in [2.24, 2.45) is 11.5 Å². The first-order chi connectivity index (χ1) is 15.9. The molecule has 4 unspecified atom stereocenters. The van der Waals surface area contributed by atoms with Gasteiger partial charge in [-0.05, 0) is 5.56 Å². The fraction of sp³-hybridized carbons (Fsp3) is 0.400. The van der Waals surface area contributed by atoms with Gasteiger partial charge >= 0.3 is 11.9 Å². The molecule has 9 N–H and O–H groups in total. The van der Waals surface area contributed by atoms with Gasteiger partial charge in [0.2, 0.25) is 23.6 Å². The molecule has 0 aliphatic carbocycles. The lowest BCUT2D eigenvalue weighted by Gasteiger charge is -2.24. The Morgan fingerprint density at radius 1 is 0.824 bits per heavy atom. The predicted octanol–water partition coefficient (Wildman–Crippen LogP) is -2.62. The van der Waals surface area contributed by atoms with Gasteiger partial charge in [0.1, 0.15) is 18.1 Å². The van der Waals surface area contributed by atoms with Crippen LogP contribution in [0.15, 0.2) is 30.3 Å². The van der Waals surface area contributed by atoms with Crippen LogP contribution in [-0.2, 0) is 35.2 Å². The van der Waals surface area contributed by atoms with Crippen molar-refractivity contribution >= 4 is 48.2 Å². The van der Waals surface area contributed by atoms with Crippen LogP contribution in [-0.4, -0.2) is 75.7 Å². The van der Waals surface area contributed by atoms with Crippen molar-refractivity contribution in [3.63, 3.8) is 0 Å². The largest absolute Gasteiger partial charge is 0.481 e. The van der Waals surface area contributed by atoms with Gasteiger partial charge in [0.05, 0.1) is 18.9 Å². The molecule has 1 aromatic carbocycles. The van der Waals surface area contributed by atoms with Crippen LogP contribution in [0.25, 0.3) is 0 Å². The van der Waals surface area contributed by atoms with Crippen LogP contribution in [0, 0.1) is 0 Å². The highest BCUT2D eigenvalue weighted by Crippen LogP contribution is 2.05. The van der Waals surface area contributed by atoms with Crippen LogP contribution in [0.5, 0.6) is 0 Å². The zero-order valence-electron chi connectivity index (χ0n) is 18.0. The summed E-state index contributed by atoms with van der Waals surface area (Å²) in [5.74, 6) is -6.71. The number of benzene rings is 1. The number of carboxylic acid groups (broad SMARTS) is 2. The number of hydrogen-bond donors (Lipinski definition) is 8. The quantitative estimate of drug-likeness (QED) is 0.125. The van der Waals surface area contributed by atoms with Crippen molar-refractivity contribution in [1.29, 1.82) is 0 Å². The number of nitrogens with two attached hydrogens (primary N) is 2. The van der Waals surface area contributed by atoms with Crippen LogP contribution in [0.1, 0.15) is 18.4 Å². The second-order valence-corrected chi connectivity index (χ2v) is 7.63. The fourth-order valence-electron chi connectivity index (χ4n) is 2.76. The molecule has 1 rings (SSSR count). The van der Waals surface area contributed by atoms with E-state index in [1.165, 1.54) is 0 Å². The molecule has 4 amide bonds. The normalized spacial score (nSPS) is 14.1. The molecule has 4 atom stereocenters. The fourth-order valence-corrected chi connectivity index (χ4v) is 3.02. The Morgan fingerprint density at radius 3 is 1.85 bits per heavy atom. The monoisotopic (exact) mass is 497 g/mol. The van der Waals surface area contributed by atoms with Gasteiger partial charge < -0.3 is 37.6 Å². The lowest BCUT2D eigenvalue weighted by Crippen LogP contribution is -2.58. The van der Waals surface area contributed by atoms with E-state index in [0.717, 1.165) is 0 Å². The van der Waals surface area contributed by atoms with Crippen molar-refractivity contribution in [1.82, 2.24) is 16.0 Å². The van der Waals surface area contributed by atoms with E-state index in [4.69, 9.17) is 21.7 Å². The minimum absolute atomic E-state index is 0.000615. The van der Waals surface area contributed by atoms with Gasteiger partial charge in [-0.15, -0.1) is 0 Å². The molecule has 0 saturated carbocycles. The summed E-state index contributed by atoms with van der Waals surface area (Å²) >= 11 is 3.98. The Balaban J connectivity index is 2.99.